The molecular formula is C30H29ClFN7O3. The van der Waals surface area contributed by atoms with Crippen molar-refractivity contribution in [1.82, 2.24) is 24.4 Å². The van der Waals surface area contributed by atoms with Crippen LogP contribution in [0.5, 0.6) is 0 Å². The Balaban J connectivity index is 1.93. The van der Waals surface area contributed by atoms with Gasteiger partial charge in [0.05, 0.1) is 33.5 Å². The molecule has 1 N–H and O–H groups in total. The average Bonchev–Trinajstić information content (AvgIpc) is 2.96. The summed E-state index contributed by atoms with van der Waals surface area (Å²) in [6.07, 6.45) is 0.416. The molecule has 0 aliphatic carbocycles. The van der Waals surface area contributed by atoms with Crippen LogP contribution in [0.2, 0.25) is 5.02 Å². The molecule has 1 amide bonds. The normalized spacial score (nSPS) is 13.7. The summed E-state index contributed by atoms with van der Waals surface area (Å²) in [6.45, 7) is 8.63. The molecule has 5 rings (SSSR count). The molecule has 0 radical (unpaired) electrons. The van der Waals surface area contributed by atoms with Crippen LogP contribution in [0, 0.1) is 17.1 Å². The third kappa shape index (κ3) is 4.92. The largest absolute Gasteiger partial charge is 0.465 e. The van der Waals surface area contributed by atoms with Crippen molar-refractivity contribution in [2.75, 3.05) is 31.1 Å². The molecule has 1 aromatic carbocycles. The van der Waals surface area contributed by atoms with Gasteiger partial charge in [-0.05, 0) is 30.0 Å². The number of benzene rings is 1. The molecule has 216 valence electrons. The van der Waals surface area contributed by atoms with Gasteiger partial charge in [-0.1, -0.05) is 51.4 Å². The number of hydrogen-bond donors (Lipinski definition) is 1. The van der Waals surface area contributed by atoms with Crippen LogP contribution < -0.4 is 10.5 Å². The fourth-order valence-corrected chi connectivity index (χ4v) is 5.60. The van der Waals surface area contributed by atoms with Crippen molar-refractivity contribution in [2.24, 2.45) is 0 Å². The predicted molar refractivity (Wildman–Crippen MR) is 158 cm³/mol. The number of pyridine rings is 2. The molecular weight excluding hydrogens is 561 g/mol. The molecule has 1 aliphatic rings. The summed E-state index contributed by atoms with van der Waals surface area (Å²) >= 11 is 6.75. The second-order valence-electron chi connectivity index (χ2n) is 10.7. The minimum atomic E-state index is -1.04. The van der Waals surface area contributed by atoms with E-state index in [1.165, 1.54) is 21.9 Å². The van der Waals surface area contributed by atoms with E-state index in [1.54, 1.807) is 29.2 Å². The molecule has 0 saturated carbocycles. The summed E-state index contributed by atoms with van der Waals surface area (Å²) in [4.78, 5) is 42.9. The highest BCUT2D eigenvalue weighted by molar-refractivity contribution is 6.34. The topological polar surface area (TPSA) is 128 Å². The van der Waals surface area contributed by atoms with Crippen molar-refractivity contribution in [3.05, 3.63) is 74.8 Å². The molecule has 4 aromatic rings. The monoisotopic (exact) mass is 589 g/mol. The number of anilines is 1. The minimum absolute atomic E-state index is 0.116. The Bertz CT molecular complexity index is 1780. The lowest BCUT2D eigenvalue weighted by molar-refractivity contribution is 0.142. The highest BCUT2D eigenvalue weighted by atomic mass is 35.5. The van der Waals surface area contributed by atoms with Crippen molar-refractivity contribution in [1.29, 1.82) is 5.26 Å². The number of fused-ring (bicyclic) bond motifs is 1. The molecule has 3 aromatic heterocycles. The second kappa shape index (κ2) is 11.4. The van der Waals surface area contributed by atoms with Gasteiger partial charge >= 0.3 is 6.09 Å². The van der Waals surface area contributed by atoms with Crippen LogP contribution in [0.3, 0.4) is 0 Å². The van der Waals surface area contributed by atoms with Gasteiger partial charge in [0.1, 0.15) is 29.4 Å². The number of hydrogen-bond acceptors (Lipinski definition) is 7. The van der Waals surface area contributed by atoms with Gasteiger partial charge < -0.3 is 14.9 Å². The zero-order chi connectivity index (χ0) is 30.3. The van der Waals surface area contributed by atoms with Gasteiger partial charge in [0, 0.05) is 37.1 Å². The third-order valence-corrected chi connectivity index (χ3v) is 7.67. The third-order valence-electron chi connectivity index (χ3n) is 7.38. The zero-order valence-corrected chi connectivity index (χ0v) is 24.4. The number of carboxylic acid groups (broad SMARTS) is 1. The van der Waals surface area contributed by atoms with Crippen LogP contribution in [-0.4, -0.2) is 61.8 Å². The van der Waals surface area contributed by atoms with E-state index in [1.807, 2.05) is 27.7 Å². The molecule has 1 fully saturated rings. The van der Waals surface area contributed by atoms with Crippen LogP contribution in [0.4, 0.5) is 14.9 Å². The van der Waals surface area contributed by atoms with Gasteiger partial charge in [0.15, 0.2) is 0 Å². The van der Waals surface area contributed by atoms with E-state index in [2.05, 4.69) is 16.0 Å². The first-order chi connectivity index (χ1) is 20.0. The van der Waals surface area contributed by atoms with E-state index < -0.39 is 17.5 Å². The fourth-order valence-electron chi connectivity index (χ4n) is 5.35. The molecule has 0 bridgehead atoms. The van der Waals surface area contributed by atoms with E-state index >= 15 is 0 Å². The first-order valence-electron chi connectivity index (χ1n) is 13.6. The summed E-state index contributed by atoms with van der Waals surface area (Å²) in [7, 11) is 0. The van der Waals surface area contributed by atoms with E-state index in [4.69, 9.17) is 16.6 Å². The molecule has 0 spiro atoms. The molecule has 0 atom stereocenters. The van der Waals surface area contributed by atoms with Crippen LogP contribution in [0.1, 0.15) is 56.5 Å². The van der Waals surface area contributed by atoms with Crippen molar-refractivity contribution in [3.63, 3.8) is 0 Å². The number of halogens is 2. The maximum Gasteiger partial charge on any atom is 0.407 e. The Morgan fingerprint density at radius 2 is 1.67 bits per heavy atom. The smallest absolute Gasteiger partial charge is 0.407 e. The number of amides is 1. The molecule has 1 saturated heterocycles. The highest BCUT2D eigenvalue weighted by Gasteiger charge is 2.30. The highest BCUT2D eigenvalue weighted by Crippen LogP contribution is 2.38. The molecule has 4 heterocycles. The number of aromatic nitrogens is 4. The van der Waals surface area contributed by atoms with Gasteiger partial charge in [0.25, 0.3) is 5.56 Å². The number of nitriles is 1. The van der Waals surface area contributed by atoms with Gasteiger partial charge in [-0.15, -0.1) is 0 Å². The lowest BCUT2D eigenvalue weighted by Crippen LogP contribution is -2.49. The first kappa shape index (κ1) is 29.0. The first-order valence-corrected chi connectivity index (χ1v) is 13.9. The van der Waals surface area contributed by atoms with Crippen LogP contribution in [0.15, 0.2) is 41.5 Å². The van der Waals surface area contributed by atoms with E-state index in [-0.39, 0.29) is 65.5 Å². The quantitative estimate of drug-likeness (QED) is 0.321. The van der Waals surface area contributed by atoms with Crippen molar-refractivity contribution in [3.8, 4) is 23.0 Å². The Morgan fingerprint density at radius 1 is 1.05 bits per heavy atom. The number of carbonyl (C=O) groups is 1. The molecule has 0 unspecified atom stereocenters. The predicted octanol–water partition coefficient (Wildman–Crippen LogP) is 5.55. The Hall–Kier alpha value is -4.56. The molecule has 42 heavy (non-hydrogen) atoms. The number of nitrogens with zero attached hydrogens (tertiary/aromatic N) is 7. The summed E-state index contributed by atoms with van der Waals surface area (Å²) in [5.41, 5.74) is 1.59. The van der Waals surface area contributed by atoms with Gasteiger partial charge in [0.2, 0.25) is 0 Å². The van der Waals surface area contributed by atoms with E-state index in [0.29, 0.717) is 28.1 Å². The summed E-state index contributed by atoms with van der Waals surface area (Å²) < 4.78 is 16.4. The maximum absolute atomic E-state index is 15.0. The lowest BCUT2D eigenvalue weighted by atomic mass is 10.00. The van der Waals surface area contributed by atoms with Crippen molar-refractivity contribution < 1.29 is 14.3 Å². The van der Waals surface area contributed by atoms with E-state index in [9.17, 15) is 24.3 Å². The molecule has 10 nitrogen and oxygen atoms in total. The number of rotatable bonds is 5. The van der Waals surface area contributed by atoms with Crippen LogP contribution in [0.25, 0.3) is 28.0 Å². The van der Waals surface area contributed by atoms with Gasteiger partial charge in [-0.3, -0.25) is 9.36 Å². The standard InChI is InChI=1S/C30H29ClFN7O3/c1-16(2)23-27(24(17(3)4)35-15-34-23)39-28-19(13-21(31)25(36-28)18-7-5-6-8-22(18)32)26(20(14-33)29(39)40)37-9-11-38(12-10-37)30(41)42/h5-8,13,15-17H,9-12H2,1-4H3,(H,41,42). The van der Waals surface area contributed by atoms with Crippen molar-refractivity contribution in [2.45, 2.75) is 39.5 Å². The summed E-state index contributed by atoms with van der Waals surface area (Å²) in [6, 6.07) is 9.76. The van der Waals surface area contributed by atoms with Gasteiger partial charge in [-0.2, -0.15) is 5.26 Å². The Labute approximate surface area is 246 Å². The lowest BCUT2D eigenvalue weighted by Gasteiger charge is -2.35. The number of piperazine rings is 1. The Kier molecular flexibility index (Phi) is 7.84. The summed E-state index contributed by atoms with van der Waals surface area (Å²) in [5, 5.41) is 20.3. The Morgan fingerprint density at radius 3 is 2.21 bits per heavy atom. The minimum Gasteiger partial charge on any atom is -0.465 e. The van der Waals surface area contributed by atoms with Crippen LogP contribution >= 0.6 is 11.6 Å². The summed E-state index contributed by atoms with van der Waals surface area (Å²) in [5.74, 6) is -0.766. The van der Waals surface area contributed by atoms with E-state index in [0.717, 1.165) is 0 Å². The fraction of sp³-hybridized carbons (Fsp3) is 0.333. The average molecular weight is 590 g/mol. The van der Waals surface area contributed by atoms with Crippen molar-refractivity contribution >= 4 is 34.4 Å². The second-order valence-corrected chi connectivity index (χ2v) is 11.1. The molecule has 12 heteroatoms. The zero-order valence-electron chi connectivity index (χ0n) is 23.6. The van der Waals surface area contributed by atoms with Crippen LogP contribution in [-0.2, 0) is 0 Å². The van der Waals surface area contributed by atoms with Gasteiger partial charge in [-0.25, -0.2) is 24.1 Å². The molecule has 1 aliphatic heterocycles. The SMILES string of the molecule is CC(C)c1ncnc(C(C)C)c1-n1c(=O)c(C#N)c(N2CCN(C(=O)O)CC2)c2cc(Cl)c(-c3ccccc3F)nc21. The maximum atomic E-state index is 15.0.